The fraction of sp³-hybridized carbons (Fsp3) is 0.688. The van der Waals surface area contributed by atoms with Gasteiger partial charge in [-0.3, -0.25) is 9.48 Å². The van der Waals surface area contributed by atoms with Crippen LogP contribution in [0.2, 0.25) is 0 Å². The molecule has 1 heterocycles. The van der Waals surface area contributed by atoms with Crippen LogP contribution in [-0.4, -0.2) is 28.3 Å². The van der Waals surface area contributed by atoms with Gasteiger partial charge in [-0.05, 0) is 49.9 Å². The number of aryl methyl sites for hydroxylation is 1. The second-order valence-corrected chi connectivity index (χ2v) is 6.79. The Morgan fingerprint density at radius 2 is 2.05 bits per heavy atom. The van der Waals surface area contributed by atoms with Crippen molar-refractivity contribution >= 4 is 17.7 Å². The molecule has 22 heavy (non-hydrogen) atoms. The number of aromatic nitrogens is 2. The molecule has 118 valence electrons. The molecule has 4 unspecified atom stereocenters. The van der Waals surface area contributed by atoms with Crippen molar-refractivity contribution < 1.29 is 14.3 Å². The first kappa shape index (κ1) is 13.8. The van der Waals surface area contributed by atoms with E-state index < -0.39 is 5.97 Å². The van der Waals surface area contributed by atoms with E-state index in [1.54, 1.807) is 20.2 Å². The summed E-state index contributed by atoms with van der Waals surface area (Å²) in [7, 11) is 1.73. The van der Waals surface area contributed by atoms with E-state index in [4.69, 9.17) is 4.74 Å². The van der Waals surface area contributed by atoms with Gasteiger partial charge in [-0.1, -0.05) is 0 Å². The van der Waals surface area contributed by atoms with Crippen LogP contribution in [0.5, 0.6) is 0 Å². The number of amides is 1. The van der Waals surface area contributed by atoms with Crippen LogP contribution in [0.15, 0.2) is 6.20 Å². The van der Waals surface area contributed by atoms with Crippen molar-refractivity contribution in [1.29, 1.82) is 0 Å². The third kappa shape index (κ3) is 1.96. The molecule has 0 saturated heterocycles. The number of rotatable bonds is 4. The zero-order chi connectivity index (χ0) is 15.4. The number of hydrogen-bond acceptors (Lipinski definition) is 4. The highest BCUT2D eigenvalue weighted by atomic mass is 16.5. The molecule has 3 fully saturated rings. The molecule has 3 aliphatic carbocycles. The van der Waals surface area contributed by atoms with Crippen LogP contribution in [0.1, 0.15) is 36.5 Å². The van der Waals surface area contributed by atoms with Crippen LogP contribution in [0.4, 0.5) is 5.82 Å². The summed E-state index contributed by atoms with van der Waals surface area (Å²) >= 11 is 0. The van der Waals surface area contributed by atoms with E-state index in [9.17, 15) is 9.59 Å². The summed E-state index contributed by atoms with van der Waals surface area (Å²) in [6.07, 6.45) is 5.47. The van der Waals surface area contributed by atoms with Gasteiger partial charge < -0.3 is 10.1 Å². The normalized spacial score (nSPS) is 34.4. The lowest BCUT2D eigenvalue weighted by Crippen LogP contribution is -2.20. The first-order chi connectivity index (χ1) is 10.6. The van der Waals surface area contributed by atoms with Crippen molar-refractivity contribution in [2.75, 3.05) is 11.9 Å². The molecule has 0 aliphatic heterocycles. The molecular formula is C16H21N3O3. The summed E-state index contributed by atoms with van der Waals surface area (Å²) in [6, 6.07) is 0. The van der Waals surface area contributed by atoms with Gasteiger partial charge in [0.1, 0.15) is 5.56 Å². The topological polar surface area (TPSA) is 73.2 Å². The van der Waals surface area contributed by atoms with Gasteiger partial charge in [-0.2, -0.15) is 5.10 Å². The zero-order valence-corrected chi connectivity index (χ0v) is 12.9. The number of esters is 1. The molecule has 3 aliphatic rings. The molecular weight excluding hydrogens is 282 g/mol. The molecule has 0 aromatic carbocycles. The quantitative estimate of drug-likeness (QED) is 0.861. The van der Waals surface area contributed by atoms with Crippen molar-refractivity contribution in [3.8, 4) is 0 Å². The first-order valence-corrected chi connectivity index (χ1v) is 8.11. The number of nitrogens with one attached hydrogen (secondary N) is 1. The van der Waals surface area contributed by atoms with E-state index in [-0.39, 0.29) is 11.8 Å². The van der Waals surface area contributed by atoms with Gasteiger partial charge in [0, 0.05) is 19.2 Å². The summed E-state index contributed by atoms with van der Waals surface area (Å²) in [4.78, 5) is 24.5. The number of hydrogen-bond donors (Lipinski definition) is 1. The van der Waals surface area contributed by atoms with E-state index in [0.29, 0.717) is 29.8 Å². The Morgan fingerprint density at radius 3 is 2.68 bits per heavy atom. The fourth-order valence-electron chi connectivity index (χ4n) is 4.81. The van der Waals surface area contributed by atoms with E-state index in [0.717, 1.165) is 11.8 Å². The highest BCUT2D eigenvalue weighted by molar-refractivity contribution is 6.01. The summed E-state index contributed by atoms with van der Waals surface area (Å²) in [5, 5.41) is 7.05. The van der Waals surface area contributed by atoms with Crippen molar-refractivity contribution in [1.82, 2.24) is 9.78 Å². The van der Waals surface area contributed by atoms with Crippen molar-refractivity contribution in [3.63, 3.8) is 0 Å². The predicted octanol–water partition coefficient (Wildman–Crippen LogP) is 1.83. The molecule has 6 heteroatoms. The van der Waals surface area contributed by atoms with Crippen molar-refractivity contribution in [2.45, 2.75) is 26.2 Å². The number of carbonyl (C=O) groups excluding carboxylic acids is 2. The number of carbonyl (C=O) groups is 2. The number of ether oxygens (including phenoxy) is 1. The number of nitrogens with zero attached hydrogens (tertiary/aromatic N) is 2. The van der Waals surface area contributed by atoms with E-state index in [1.807, 2.05) is 0 Å². The summed E-state index contributed by atoms with van der Waals surface area (Å²) < 4.78 is 6.54. The van der Waals surface area contributed by atoms with Gasteiger partial charge in [0.15, 0.2) is 5.82 Å². The minimum atomic E-state index is -0.443. The monoisotopic (exact) mass is 303 g/mol. The lowest BCUT2D eigenvalue weighted by molar-refractivity contribution is -0.118. The molecule has 1 aromatic rings. The smallest absolute Gasteiger partial charge is 0.343 e. The Kier molecular flexibility index (Phi) is 3.03. The van der Waals surface area contributed by atoms with Crippen molar-refractivity contribution in [2.24, 2.45) is 36.6 Å². The Labute approximate surface area is 129 Å². The summed E-state index contributed by atoms with van der Waals surface area (Å²) in [5.41, 5.74) is 0.325. The highest BCUT2D eigenvalue weighted by Crippen LogP contribution is 2.69. The van der Waals surface area contributed by atoms with E-state index in [2.05, 4.69) is 10.4 Å². The van der Waals surface area contributed by atoms with Crippen LogP contribution in [0, 0.1) is 29.6 Å². The minimum Gasteiger partial charge on any atom is -0.462 e. The lowest BCUT2D eigenvalue weighted by Gasteiger charge is -2.09. The third-order valence-electron chi connectivity index (χ3n) is 5.60. The second-order valence-electron chi connectivity index (χ2n) is 6.79. The molecule has 0 spiro atoms. The van der Waals surface area contributed by atoms with Crippen LogP contribution in [0.3, 0.4) is 0 Å². The second kappa shape index (κ2) is 4.83. The van der Waals surface area contributed by atoms with Gasteiger partial charge in [-0.25, -0.2) is 4.79 Å². The first-order valence-electron chi connectivity index (χ1n) is 8.11. The van der Waals surface area contributed by atoms with Crippen LogP contribution in [0.25, 0.3) is 0 Å². The maximum Gasteiger partial charge on any atom is 0.343 e. The standard InChI is InChI=1S/C16H21N3O3/c1-3-22-16(21)10-7-19(2)18-14(10)17-15(20)13-11-8-4-5-9(6-8)12(11)13/h7-9,11-13H,3-6H2,1-2H3,(H,17,18,20). The molecule has 3 saturated carbocycles. The van der Waals surface area contributed by atoms with Gasteiger partial charge in [-0.15, -0.1) is 0 Å². The Morgan fingerprint density at radius 1 is 1.36 bits per heavy atom. The Balaban J connectivity index is 1.48. The number of fused-ring (bicyclic) bond motifs is 5. The average molecular weight is 303 g/mol. The fourth-order valence-corrected chi connectivity index (χ4v) is 4.81. The molecule has 6 nitrogen and oxygen atoms in total. The van der Waals surface area contributed by atoms with Crippen LogP contribution < -0.4 is 5.32 Å². The van der Waals surface area contributed by atoms with E-state index >= 15 is 0 Å². The predicted molar refractivity (Wildman–Crippen MR) is 79.1 cm³/mol. The average Bonchev–Trinajstić information content (AvgIpc) is 2.78. The largest absolute Gasteiger partial charge is 0.462 e. The number of anilines is 1. The molecule has 1 N–H and O–H groups in total. The minimum absolute atomic E-state index is 0.0239. The molecule has 4 atom stereocenters. The SMILES string of the molecule is CCOC(=O)c1cn(C)nc1NC(=O)C1C2C3CCC(C3)C12. The Bertz CT molecular complexity index is 623. The Hall–Kier alpha value is -1.85. The summed E-state index contributed by atoms with van der Waals surface area (Å²) in [5.74, 6) is 2.68. The van der Waals surface area contributed by atoms with Crippen molar-refractivity contribution in [3.05, 3.63) is 11.8 Å². The molecule has 4 rings (SSSR count). The third-order valence-corrected chi connectivity index (χ3v) is 5.60. The molecule has 1 aromatic heterocycles. The van der Waals surface area contributed by atoms with Gasteiger partial charge in [0.25, 0.3) is 0 Å². The van der Waals surface area contributed by atoms with Gasteiger partial charge in [0.2, 0.25) is 5.91 Å². The van der Waals surface area contributed by atoms with Crippen LogP contribution >= 0.6 is 0 Å². The summed E-state index contributed by atoms with van der Waals surface area (Å²) in [6.45, 7) is 2.06. The molecule has 2 bridgehead atoms. The lowest BCUT2D eigenvalue weighted by atomic mass is 10.0. The van der Waals surface area contributed by atoms with E-state index in [1.165, 1.54) is 23.9 Å². The molecule has 1 amide bonds. The highest BCUT2D eigenvalue weighted by Gasteiger charge is 2.67. The zero-order valence-electron chi connectivity index (χ0n) is 12.9. The van der Waals surface area contributed by atoms with Gasteiger partial charge in [0.05, 0.1) is 6.61 Å². The maximum atomic E-state index is 12.5. The van der Waals surface area contributed by atoms with Crippen LogP contribution in [-0.2, 0) is 16.6 Å². The van der Waals surface area contributed by atoms with Gasteiger partial charge >= 0.3 is 5.97 Å². The maximum absolute atomic E-state index is 12.5. The molecule has 0 radical (unpaired) electrons.